The molecule has 1 fully saturated rings. The molecule has 1 aromatic carbocycles. The lowest BCUT2D eigenvalue weighted by Gasteiger charge is -2.10. The van der Waals surface area contributed by atoms with Gasteiger partial charge in [0.1, 0.15) is 12.4 Å². The Morgan fingerprint density at radius 3 is 2.58 bits per heavy atom. The summed E-state index contributed by atoms with van der Waals surface area (Å²) in [6.07, 6.45) is 2.10. The number of aliphatic carboxylic acids is 1. The van der Waals surface area contributed by atoms with Crippen molar-refractivity contribution in [3.63, 3.8) is 0 Å². The number of carbonyl (C=O) groups is 1. The second-order valence-corrected chi connectivity index (χ2v) is 5.45. The monoisotopic (exact) mass is 329 g/mol. The molecule has 0 amide bonds. The third kappa shape index (κ3) is 3.94. The van der Waals surface area contributed by atoms with E-state index >= 15 is 0 Å². The first-order chi connectivity index (χ1) is 11.5. The standard InChI is InChI=1S/C15H15N5O4/c21-14(22)8-16-15-18-12(9-1-2-9)7-13(19-15)17-10-3-5-11(6-4-10)20(23)24/h3-7,9H,1-2,8H2,(H,21,22)(H2,16,17,18,19). The quantitative estimate of drug-likeness (QED) is 0.521. The maximum absolute atomic E-state index is 10.7. The van der Waals surface area contributed by atoms with E-state index in [1.807, 2.05) is 6.07 Å². The number of non-ortho nitro benzene ring substituents is 1. The number of hydrogen-bond acceptors (Lipinski definition) is 7. The Hall–Kier alpha value is -3.23. The lowest BCUT2D eigenvalue weighted by atomic mass is 10.2. The van der Waals surface area contributed by atoms with Crippen LogP contribution in [0.1, 0.15) is 24.5 Å². The molecule has 1 aliphatic rings. The minimum Gasteiger partial charge on any atom is -0.480 e. The third-order valence-corrected chi connectivity index (χ3v) is 3.49. The highest BCUT2D eigenvalue weighted by Crippen LogP contribution is 2.40. The van der Waals surface area contributed by atoms with E-state index in [0.717, 1.165) is 18.5 Å². The van der Waals surface area contributed by atoms with Crippen LogP contribution in [0.4, 0.5) is 23.1 Å². The highest BCUT2D eigenvalue weighted by molar-refractivity contribution is 5.72. The first-order valence-electron chi connectivity index (χ1n) is 7.37. The summed E-state index contributed by atoms with van der Waals surface area (Å²) in [6.45, 7) is -0.273. The molecule has 0 unspecified atom stereocenters. The van der Waals surface area contributed by atoms with E-state index in [2.05, 4.69) is 20.6 Å². The van der Waals surface area contributed by atoms with Crippen molar-refractivity contribution in [1.82, 2.24) is 9.97 Å². The molecule has 1 saturated carbocycles. The molecule has 124 valence electrons. The number of nitro benzene ring substituents is 1. The van der Waals surface area contributed by atoms with Crippen molar-refractivity contribution in [2.24, 2.45) is 0 Å². The van der Waals surface area contributed by atoms with Crippen molar-refractivity contribution < 1.29 is 14.8 Å². The number of nitro groups is 1. The van der Waals surface area contributed by atoms with Gasteiger partial charge in [0.2, 0.25) is 5.95 Å². The van der Waals surface area contributed by atoms with Crippen LogP contribution in [0.5, 0.6) is 0 Å². The number of hydrogen-bond donors (Lipinski definition) is 3. The average molecular weight is 329 g/mol. The molecule has 9 heteroatoms. The van der Waals surface area contributed by atoms with Crippen molar-refractivity contribution in [3.8, 4) is 0 Å². The van der Waals surface area contributed by atoms with Gasteiger partial charge in [-0.1, -0.05) is 0 Å². The molecule has 0 aliphatic heterocycles. The molecule has 9 nitrogen and oxygen atoms in total. The van der Waals surface area contributed by atoms with Gasteiger partial charge in [-0.2, -0.15) is 4.98 Å². The average Bonchev–Trinajstić information content (AvgIpc) is 3.38. The Balaban J connectivity index is 1.80. The molecule has 2 aromatic rings. The fraction of sp³-hybridized carbons (Fsp3) is 0.267. The van der Waals surface area contributed by atoms with E-state index in [1.54, 1.807) is 12.1 Å². The molecule has 1 aliphatic carbocycles. The first kappa shape index (κ1) is 15.7. The minimum atomic E-state index is -1.000. The molecule has 3 rings (SSSR count). The van der Waals surface area contributed by atoms with Crippen LogP contribution in [-0.4, -0.2) is 32.5 Å². The summed E-state index contributed by atoms with van der Waals surface area (Å²) < 4.78 is 0. The molecular weight excluding hydrogens is 314 g/mol. The largest absolute Gasteiger partial charge is 0.480 e. The van der Waals surface area contributed by atoms with Gasteiger partial charge in [0, 0.05) is 29.8 Å². The lowest BCUT2D eigenvalue weighted by molar-refractivity contribution is -0.384. The summed E-state index contributed by atoms with van der Waals surface area (Å²) in [5, 5.41) is 25.2. The van der Waals surface area contributed by atoms with Crippen LogP contribution in [-0.2, 0) is 4.79 Å². The molecule has 1 aromatic heterocycles. The van der Waals surface area contributed by atoms with Gasteiger partial charge in [0.15, 0.2) is 0 Å². The number of rotatable bonds is 7. The maximum atomic E-state index is 10.7. The van der Waals surface area contributed by atoms with Crippen molar-refractivity contribution in [3.05, 3.63) is 46.1 Å². The van der Waals surface area contributed by atoms with Gasteiger partial charge < -0.3 is 15.7 Å². The highest BCUT2D eigenvalue weighted by atomic mass is 16.6. The van der Waals surface area contributed by atoms with E-state index < -0.39 is 10.9 Å². The van der Waals surface area contributed by atoms with Gasteiger partial charge in [-0.3, -0.25) is 14.9 Å². The second-order valence-electron chi connectivity index (χ2n) is 5.45. The predicted octanol–water partition coefficient (Wildman–Crippen LogP) is 2.50. The predicted molar refractivity (Wildman–Crippen MR) is 86.5 cm³/mol. The van der Waals surface area contributed by atoms with Crippen molar-refractivity contribution >= 4 is 29.1 Å². The van der Waals surface area contributed by atoms with Gasteiger partial charge in [0.25, 0.3) is 5.69 Å². The van der Waals surface area contributed by atoms with Gasteiger partial charge >= 0.3 is 5.97 Å². The molecule has 24 heavy (non-hydrogen) atoms. The van der Waals surface area contributed by atoms with Gasteiger partial charge in [-0.05, 0) is 25.0 Å². The second kappa shape index (κ2) is 6.49. The number of anilines is 3. The summed E-state index contributed by atoms with van der Waals surface area (Å²) in [7, 11) is 0. The van der Waals surface area contributed by atoms with E-state index in [-0.39, 0.29) is 18.2 Å². The Kier molecular flexibility index (Phi) is 4.23. The fourth-order valence-electron chi connectivity index (χ4n) is 2.17. The first-order valence-corrected chi connectivity index (χ1v) is 7.37. The third-order valence-electron chi connectivity index (χ3n) is 3.49. The van der Waals surface area contributed by atoms with Crippen LogP contribution in [0, 0.1) is 10.1 Å². The fourth-order valence-corrected chi connectivity index (χ4v) is 2.17. The van der Waals surface area contributed by atoms with Crippen molar-refractivity contribution in [1.29, 1.82) is 0 Å². The molecule has 0 radical (unpaired) electrons. The molecule has 0 atom stereocenters. The number of aromatic nitrogens is 2. The zero-order valence-corrected chi connectivity index (χ0v) is 12.6. The van der Waals surface area contributed by atoms with Crippen LogP contribution in [0.15, 0.2) is 30.3 Å². The molecule has 0 spiro atoms. The Morgan fingerprint density at radius 2 is 2.00 bits per heavy atom. The molecule has 1 heterocycles. The highest BCUT2D eigenvalue weighted by Gasteiger charge is 2.26. The van der Waals surface area contributed by atoms with E-state index in [9.17, 15) is 14.9 Å². The SMILES string of the molecule is O=C(O)CNc1nc(Nc2ccc([N+](=O)[O-])cc2)cc(C2CC2)n1. The van der Waals surface area contributed by atoms with Gasteiger partial charge in [-0.15, -0.1) is 0 Å². The van der Waals surface area contributed by atoms with Crippen molar-refractivity contribution in [2.45, 2.75) is 18.8 Å². The lowest BCUT2D eigenvalue weighted by Crippen LogP contribution is -2.15. The molecule has 0 saturated heterocycles. The van der Waals surface area contributed by atoms with E-state index in [4.69, 9.17) is 5.11 Å². The van der Waals surface area contributed by atoms with E-state index in [1.165, 1.54) is 12.1 Å². The summed E-state index contributed by atoms with van der Waals surface area (Å²) in [5.41, 5.74) is 1.50. The van der Waals surface area contributed by atoms with Crippen LogP contribution in [0.25, 0.3) is 0 Å². The normalized spacial score (nSPS) is 13.3. The summed E-state index contributed by atoms with van der Waals surface area (Å²) >= 11 is 0. The number of carboxylic acids is 1. The number of benzene rings is 1. The van der Waals surface area contributed by atoms with Crippen molar-refractivity contribution in [2.75, 3.05) is 17.2 Å². The smallest absolute Gasteiger partial charge is 0.322 e. The molecule has 0 bridgehead atoms. The molecular formula is C15H15N5O4. The zero-order valence-electron chi connectivity index (χ0n) is 12.6. The number of carboxylic acid groups (broad SMARTS) is 1. The van der Waals surface area contributed by atoms with Crippen LogP contribution < -0.4 is 10.6 Å². The molecule has 3 N–H and O–H groups in total. The Labute approximate surface area is 136 Å². The van der Waals surface area contributed by atoms with Crippen LogP contribution in [0.3, 0.4) is 0 Å². The number of nitrogens with one attached hydrogen (secondary N) is 2. The summed E-state index contributed by atoms with van der Waals surface area (Å²) in [4.78, 5) is 29.5. The minimum absolute atomic E-state index is 0.00530. The number of nitrogens with zero attached hydrogens (tertiary/aromatic N) is 3. The Morgan fingerprint density at radius 1 is 1.29 bits per heavy atom. The topological polar surface area (TPSA) is 130 Å². The van der Waals surface area contributed by atoms with Gasteiger partial charge in [-0.25, -0.2) is 4.98 Å². The van der Waals surface area contributed by atoms with E-state index in [0.29, 0.717) is 17.4 Å². The van der Waals surface area contributed by atoms with Crippen LogP contribution in [0.2, 0.25) is 0 Å². The van der Waals surface area contributed by atoms with Crippen LogP contribution >= 0.6 is 0 Å². The summed E-state index contributed by atoms with van der Waals surface area (Å²) in [6, 6.07) is 7.78. The Bertz CT molecular complexity index is 774. The van der Waals surface area contributed by atoms with Gasteiger partial charge in [0.05, 0.1) is 10.6 Å². The zero-order chi connectivity index (χ0) is 17.1. The summed E-state index contributed by atoms with van der Waals surface area (Å²) in [5.74, 6) is 0.121. The maximum Gasteiger partial charge on any atom is 0.322 e.